The molecule has 0 aliphatic heterocycles. The van der Waals surface area contributed by atoms with E-state index in [-0.39, 0.29) is 5.97 Å². The molecule has 2 aromatic rings. The van der Waals surface area contributed by atoms with E-state index in [1.807, 2.05) is 12.1 Å². The summed E-state index contributed by atoms with van der Waals surface area (Å²) in [5.41, 5.74) is 9.09. The maximum atomic E-state index is 10.9. The third kappa shape index (κ3) is 6.73. The van der Waals surface area contributed by atoms with Gasteiger partial charge in [0.25, 0.3) is 0 Å². The molecule has 0 amide bonds. The molecule has 2 rings (SSSR count). The van der Waals surface area contributed by atoms with Gasteiger partial charge >= 0.3 is 5.97 Å². The van der Waals surface area contributed by atoms with Gasteiger partial charge in [-0.05, 0) is 54.5 Å². The number of ether oxygens (including phenoxy) is 2. The van der Waals surface area contributed by atoms with Crippen molar-refractivity contribution in [1.82, 2.24) is 0 Å². The number of nitrogens with two attached hydrogens (primary N) is 1. The average Bonchev–Trinajstić information content (AvgIpc) is 2.70. The quantitative estimate of drug-likeness (QED) is 0.367. The summed E-state index contributed by atoms with van der Waals surface area (Å²) in [6.07, 6.45) is 5.12. The molecule has 0 radical (unpaired) electrons. The smallest absolute Gasteiger partial charge is 0.330 e. The first-order valence-corrected chi connectivity index (χ1v) is 9.04. The van der Waals surface area contributed by atoms with Gasteiger partial charge in [0.15, 0.2) is 0 Å². The van der Waals surface area contributed by atoms with Gasteiger partial charge in [-0.1, -0.05) is 43.0 Å². The summed E-state index contributed by atoms with van der Waals surface area (Å²) in [6, 6.07) is 16.4. The Balaban J connectivity index is 1.64. The van der Waals surface area contributed by atoms with E-state index >= 15 is 0 Å². The molecule has 26 heavy (non-hydrogen) atoms. The molecular formula is C22H27NO3. The van der Waals surface area contributed by atoms with Crippen LogP contribution in [0, 0.1) is 0 Å². The molecule has 0 saturated carbocycles. The minimum atomic E-state index is -0.355. The molecule has 0 aromatic heterocycles. The Bertz CT molecular complexity index is 678. The topological polar surface area (TPSA) is 61.5 Å². The van der Waals surface area contributed by atoms with E-state index in [0.717, 1.165) is 42.6 Å². The highest BCUT2D eigenvalue weighted by Crippen LogP contribution is 2.23. The minimum Gasteiger partial charge on any atom is -0.494 e. The normalized spacial score (nSPS) is 10.3. The standard InChI is InChI=1S/C22H27NO3/c1-2-22(24)26-16-6-4-3-5-15-25-21-13-11-20(12-14-21)19-9-7-18(17-23)8-10-19/h2,7-14H,1,3-6,15-17,23H2. The van der Waals surface area contributed by atoms with Gasteiger partial charge in [0.05, 0.1) is 13.2 Å². The lowest BCUT2D eigenvalue weighted by Gasteiger charge is -2.08. The van der Waals surface area contributed by atoms with E-state index in [4.69, 9.17) is 15.2 Å². The Hall–Kier alpha value is -2.59. The van der Waals surface area contributed by atoms with Crippen molar-refractivity contribution in [1.29, 1.82) is 0 Å². The maximum Gasteiger partial charge on any atom is 0.330 e. The van der Waals surface area contributed by atoms with Gasteiger partial charge in [0.2, 0.25) is 0 Å². The SMILES string of the molecule is C=CC(=O)OCCCCCCOc1ccc(-c2ccc(CN)cc2)cc1. The van der Waals surface area contributed by atoms with Crippen molar-refractivity contribution in [3.8, 4) is 16.9 Å². The van der Waals surface area contributed by atoms with Crippen LogP contribution in [0.25, 0.3) is 11.1 Å². The second-order valence-corrected chi connectivity index (χ2v) is 6.06. The second kappa shape index (κ2) is 11.1. The Labute approximate surface area is 155 Å². The van der Waals surface area contributed by atoms with E-state index in [1.54, 1.807) is 0 Å². The molecule has 0 saturated heterocycles. The highest BCUT2D eigenvalue weighted by atomic mass is 16.5. The van der Waals surface area contributed by atoms with Gasteiger partial charge in [-0.2, -0.15) is 0 Å². The predicted octanol–water partition coefficient (Wildman–Crippen LogP) is 4.48. The number of rotatable bonds is 11. The summed E-state index contributed by atoms with van der Waals surface area (Å²) < 4.78 is 10.7. The maximum absolute atomic E-state index is 10.9. The van der Waals surface area contributed by atoms with Crippen molar-refractivity contribution in [3.63, 3.8) is 0 Å². The summed E-state index contributed by atoms with van der Waals surface area (Å²) in [5, 5.41) is 0. The van der Waals surface area contributed by atoms with Crippen LogP contribution < -0.4 is 10.5 Å². The number of benzene rings is 2. The molecule has 0 aliphatic rings. The number of carbonyl (C=O) groups excluding carboxylic acids is 1. The zero-order chi connectivity index (χ0) is 18.6. The van der Waals surface area contributed by atoms with Gasteiger partial charge in [0, 0.05) is 12.6 Å². The van der Waals surface area contributed by atoms with E-state index < -0.39 is 0 Å². The largest absolute Gasteiger partial charge is 0.494 e. The summed E-state index contributed by atoms with van der Waals surface area (Å²) >= 11 is 0. The van der Waals surface area contributed by atoms with Crippen molar-refractivity contribution in [2.75, 3.05) is 13.2 Å². The minimum absolute atomic E-state index is 0.355. The molecule has 0 fully saturated rings. The predicted molar refractivity (Wildman–Crippen MR) is 105 cm³/mol. The first kappa shape index (κ1) is 19.7. The second-order valence-electron chi connectivity index (χ2n) is 6.06. The molecule has 0 spiro atoms. The lowest BCUT2D eigenvalue weighted by molar-refractivity contribution is -0.137. The number of unbranched alkanes of at least 4 members (excludes halogenated alkanes) is 3. The third-order valence-electron chi connectivity index (χ3n) is 4.10. The fourth-order valence-corrected chi connectivity index (χ4v) is 2.56. The lowest BCUT2D eigenvalue weighted by Crippen LogP contribution is -2.02. The monoisotopic (exact) mass is 353 g/mol. The molecule has 2 aromatic carbocycles. The van der Waals surface area contributed by atoms with Crippen LogP contribution >= 0.6 is 0 Å². The van der Waals surface area contributed by atoms with Crippen molar-refractivity contribution < 1.29 is 14.3 Å². The van der Waals surface area contributed by atoms with Gasteiger partial charge in [-0.25, -0.2) is 4.79 Å². The van der Waals surface area contributed by atoms with E-state index in [2.05, 4.69) is 43.0 Å². The Kier molecular flexibility index (Phi) is 8.43. The summed E-state index contributed by atoms with van der Waals surface area (Å²) in [6.45, 7) is 5.07. The third-order valence-corrected chi connectivity index (χ3v) is 4.10. The molecule has 0 bridgehead atoms. The van der Waals surface area contributed by atoms with Gasteiger partial charge in [0.1, 0.15) is 5.75 Å². The number of esters is 1. The van der Waals surface area contributed by atoms with Gasteiger partial charge in [-0.15, -0.1) is 0 Å². The highest BCUT2D eigenvalue weighted by Gasteiger charge is 2.00. The first-order chi connectivity index (χ1) is 12.7. The molecule has 0 aliphatic carbocycles. The van der Waals surface area contributed by atoms with Crippen LogP contribution in [0.15, 0.2) is 61.2 Å². The summed E-state index contributed by atoms with van der Waals surface area (Å²) in [7, 11) is 0. The lowest BCUT2D eigenvalue weighted by atomic mass is 10.0. The van der Waals surface area contributed by atoms with E-state index in [0.29, 0.717) is 19.8 Å². The first-order valence-electron chi connectivity index (χ1n) is 9.04. The number of hydrogen-bond acceptors (Lipinski definition) is 4. The van der Waals surface area contributed by atoms with Crippen molar-refractivity contribution in [3.05, 3.63) is 66.7 Å². The van der Waals surface area contributed by atoms with Crippen LogP contribution in [-0.4, -0.2) is 19.2 Å². The molecule has 0 unspecified atom stereocenters. The Morgan fingerprint density at radius 2 is 1.46 bits per heavy atom. The molecule has 2 N–H and O–H groups in total. The molecule has 0 heterocycles. The number of hydrogen-bond donors (Lipinski definition) is 1. The molecule has 0 atom stereocenters. The van der Waals surface area contributed by atoms with Crippen LogP contribution in [0.2, 0.25) is 0 Å². The van der Waals surface area contributed by atoms with Crippen LogP contribution in [-0.2, 0) is 16.1 Å². The number of carbonyl (C=O) groups is 1. The summed E-state index contributed by atoms with van der Waals surface area (Å²) in [5.74, 6) is 0.527. The highest BCUT2D eigenvalue weighted by molar-refractivity contribution is 5.81. The van der Waals surface area contributed by atoms with Crippen LogP contribution in [0.3, 0.4) is 0 Å². The molecule has 4 nitrogen and oxygen atoms in total. The van der Waals surface area contributed by atoms with Crippen LogP contribution in [0.1, 0.15) is 31.2 Å². The molecule has 4 heteroatoms. The fraction of sp³-hybridized carbons (Fsp3) is 0.318. The van der Waals surface area contributed by atoms with Crippen molar-refractivity contribution in [2.45, 2.75) is 32.2 Å². The Morgan fingerprint density at radius 3 is 2.04 bits per heavy atom. The zero-order valence-electron chi connectivity index (χ0n) is 15.2. The van der Waals surface area contributed by atoms with E-state index in [1.165, 1.54) is 11.6 Å². The van der Waals surface area contributed by atoms with Gasteiger partial charge in [-0.3, -0.25) is 0 Å². The van der Waals surface area contributed by atoms with Crippen molar-refractivity contribution in [2.24, 2.45) is 5.73 Å². The molecule has 138 valence electrons. The van der Waals surface area contributed by atoms with Crippen LogP contribution in [0.4, 0.5) is 0 Å². The van der Waals surface area contributed by atoms with Crippen LogP contribution in [0.5, 0.6) is 5.75 Å². The zero-order valence-corrected chi connectivity index (χ0v) is 15.2. The molecular weight excluding hydrogens is 326 g/mol. The van der Waals surface area contributed by atoms with E-state index in [9.17, 15) is 4.79 Å². The van der Waals surface area contributed by atoms with Gasteiger partial charge < -0.3 is 15.2 Å². The van der Waals surface area contributed by atoms with Crippen molar-refractivity contribution >= 4 is 5.97 Å². The average molecular weight is 353 g/mol. The fourth-order valence-electron chi connectivity index (χ4n) is 2.56. The summed E-state index contributed by atoms with van der Waals surface area (Å²) in [4.78, 5) is 10.9. The Morgan fingerprint density at radius 1 is 0.885 bits per heavy atom.